The average Bonchev–Trinajstić information content (AvgIpc) is 2.69. The van der Waals surface area contributed by atoms with Crippen molar-refractivity contribution < 1.29 is 0 Å². The van der Waals surface area contributed by atoms with E-state index in [4.69, 9.17) is 5.73 Å². The molecule has 0 spiro atoms. The van der Waals surface area contributed by atoms with Gasteiger partial charge >= 0.3 is 5.69 Å². The maximum Gasteiger partial charge on any atom is 0.332 e. The zero-order valence-corrected chi connectivity index (χ0v) is 12.4. The van der Waals surface area contributed by atoms with Crippen LogP contribution in [0.15, 0.2) is 9.59 Å². The second kappa shape index (κ2) is 5.24. The molecule has 0 aromatic carbocycles. The first-order valence-corrected chi connectivity index (χ1v) is 6.73. The highest BCUT2D eigenvalue weighted by Gasteiger charge is 2.18. The van der Waals surface area contributed by atoms with Crippen molar-refractivity contribution in [3.8, 4) is 0 Å². The summed E-state index contributed by atoms with van der Waals surface area (Å²) in [4.78, 5) is 29.1. The minimum absolute atomic E-state index is 0.214. The number of nitrogens with zero attached hydrogens (tertiary/aromatic N) is 4. The van der Waals surface area contributed by atoms with Crippen molar-refractivity contribution in [3.63, 3.8) is 0 Å². The van der Waals surface area contributed by atoms with Crippen LogP contribution in [-0.2, 0) is 27.1 Å². The van der Waals surface area contributed by atoms with Gasteiger partial charge in [0.25, 0.3) is 5.56 Å². The van der Waals surface area contributed by atoms with Crippen molar-refractivity contribution in [2.24, 2.45) is 25.7 Å². The minimum atomic E-state index is -0.373. The Bertz CT molecular complexity index is 751. The Kier molecular flexibility index (Phi) is 3.80. The maximum absolute atomic E-state index is 12.4. The lowest BCUT2D eigenvalue weighted by Gasteiger charge is -2.07. The fourth-order valence-corrected chi connectivity index (χ4v) is 2.36. The topological polar surface area (TPSA) is 87.8 Å². The Labute approximate surface area is 116 Å². The third-order valence-corrected chi connectivity index (χ3v) is 3.40. The number of fused-ring (bicyclic) bond motifs is 1. The fourth-order valence-electron chi connectivity index (χ4n) is 2.36. The SMILES string of the molecule is CC(C)Cc1nc2c(c(=O)n(CCN)c(=O)n2C)n1C. The molecule has 0 saturated heterocycles. The molecule has 0 amide bonds. The average molecular weight is 279 g/mol. The molecule has 2 aromatic rings. The summed E-state index contributed by atoms with van der Waals surface area (Å²) in [6, 6.07) is 0. The van der Waals surface area contributed by atoms with Gasteiger partial charge in [-0.3, -0.25) is 13.9 Å². The summed E-state index contributed by atoms with van der Waals surface area (Å²) in [5, 5.41) is 0. The normalized spacial score (nSPS) is 11.7. The van der Waals surface area contributed by atoms with Crippen molar-refractivity contribution in [2.45, 2.75) is 26.8 Å². The highest BCUT2D eigenvalue weighted by Crippen LogP contribution is 2.12. The summed E-state index contributed by atoms with van der Waals surface area (Å²) < 4.78 is 4.36. The second-order valence-electron chi connectivity index (χ2n) is 5.44. The molecule has 0 unspecified atom stereocenters. The van der Waals surface area contributed by atoms with Gasteiger partial charge in [0.05, 0.1) is 0 Å². The number of rotatable bonds is 4. The number of nitrogens with two attached hydrogens (primary N) is 1. The quantitative estimate of drug-likeness (QED) is 0.824. The Balaban J connectivity index is 2.82. The zero-order valence-electron chi connectivity index (χ0n) is 12.4. The van der Waals surface area contributed by atoms with Crippen molar-refractivity contribution in [1.82, 2.24) is 18.7 Å². The van der Waals surface area contributed by atoms with E-state index in [1.165, 1.54) is 9.13 Å². The first kappa shape index (κ1) is 14.5. The molecule has 0 atom stereocenters. The van der Waals surface area contributed by atoms with Gasteiger partial charge in [-0.2, -0.15) is 0 Å². The molecule has 7 heteroatoms. The monoisotopic (exact) mass is 279 g/mol. The van der Waals surface area contributed by atoms with Crippen molar-refractivity contribution in [2.75, 3.05) is 6.54 Å². The maximum atomic E-state index is 12.4. The van der Waals surface area contributed by atoms with Gasteiger partial charge < -0.3 is 10.3 Å². The van der Waals surface area contributed by atoms with E-state index < -0.39 is 0 Å². The fraction of sp³-hybridized carbons (Fsp3) is 0.615. The van der Waals surface area contributed by atoms with Crippen LogP contribution >= 0.6 is 0 Å². The summed E-state index contributed by atoms with van der Waals surface area (Å²) in [6.07, 6.45) is 0.760. The molecule has 0 aliphatic carbocycles. The van der Waals surface area contributed by atoms with E-state index in [1.54, 1.807) is 11.6 Å². The van der Waals surface area contributed by atoms with Crippen LogP contribution in [-0.4, -0.2) is 25.2 Å². The molecule has 7 nitrogen and oxygen atoms in total. The molecule has 20 heavy (non-hydrogen) atoms. The first-order chi connectivity index (χ1) is 9.38. The summed E-state index contributed by atoms with van der Waals surface area (Å²) in [6.45, 7) is 4.64. The third-order valence-electron chi connectivity index (χ3n) is 3.40. The molecule has 2 rings (SSSR count). The molecule has 2 heterocycles. The number of hydrogen-bond acceptors (Lipinski definition) is 4. The smallest absolute Gasteiger partial charge is 0.329 e. The second-order valence-corrected chi connectivity index (χ2v) is 5.44. The van der Waals surface area contributed by atoms with Gasteiger partial charge in [-0.25, -0.2) is 9.78 Å². The molecule has 110 valence electrons. The van der Waals surface area contributed by atoms with Crippen molar-refractivity contribution in [3.05, 3.63) is 26.7 Å². The largest absolute Gasteiger partial charge is 0.332 e. The van der Waals surface area contributed by atoms with Gasteiger partial charge in [0.15, 0.2) is 11.2 Å². The molecule has 2 aromatic heterocycles. The lowest BCUT2D eigenvalue weighted by atomic mass is 10.1. The Hall–Kier alpha value is -1.89. The predicted molar refractivity (Wildman–Crippen MR) is 77.8 cm³/mol. The van der Waals surface area contributed by atoms with Gasteiger partial charge in [0.2, 0.25) is 0 Å². The lowest BCUT2D eigenvalue weighted by Crippen LogP contribution is -2.41. The molecule has 0 radical (unpaired) electrons. The number of aromatic nitrogens is 4. The van der Waals surface area contributed by atoms with E-state index in [1.807, 2.05) is 7.05 Å². The van der Waals surface area contributed by atoms with Crippen molar-refractivity contribution in [1.29, 1.82) is 0 Å². The van der Waals surface area contributed by atoms with Gasteiger partial charge in [0, 0.05) is 33.6 Å². The number of hydrogen-bond donors (Lipinski definition) is 1. The van der Waals surface area contributed by atoms with E-state index in [2.05, 4.69) is 18.8 Å². The van der Waals surface area contributed by atoms with E-state index in [-0.39, 0.29) is 24.3 Å². The van der Waals surface area contributed by atoms with Crippen LogP contribution in [0.5, 0.6) is 0 Å². The van der Waals surface area contributed by atoms with Crippen LogP contribution in [0.2, 0.25) is 0 Å². The minimum Gasteiger partial charge on any atom is -0.329 e. The molecule has 0 aliphatic rings. The van der Waals surface area contributed by atoms with E-state index in [9.17, 15) is 9.59 Å². The summed E-state index contributed by atoms with van der Waals surface area (Å²) in [5.74, 6) is 1.24. The molecule has 0 bridgehead atoms. The Morgan fingerprint density at radius 3 is 2.40 bits per heavy atom. The summed E-state index contributed by atoms with van der Waals surface area (Å²) >= 11 is 0. The van der Waals surface area contributed by atoms with Gasteiger partial charge in [0.1, 0.15) is 5.82 Å². The van der Waals surface area contributed by atoms with Crippen LogP contribution in [0.3, 0.4) is 0 Å². The highest BCUT2D eigenvalue weighted by molar-refractivity contribution is 5.70. The van der Waals surface area contributed by atoms with Crippen LogP contribution < -0.4 is 17.0 Å². The van der Waals surface area contributed by atoms with E-state index in [0.717, 1.165) is 12.2 Å². The molecule has 2 N–H and O–H groups in total. The summed E-state index contributed by atoms with van der Waals surface area (Å²) in [7, 11) is 3.44. The zero-order chi connectivity index (χ0) is 15.0. The van der Waals surface area contributed by atoms with E-state index in [0.29, 0.717) is 17.1 Å². The van der Waals surface area contributed by atoms with Crippen molar-refractivity contribution >= 4 is 11.2 Å². The van der Waals surface area contributed by atoms with Gasteiger partial charge in [-0.1, -0.05) is 13.8 Å². The lowest BCUT2D eigenvalue weighted by molar-refractivity contribution is 0.603. The predicted octanol–water partition coefficient (Wildman–Crippen LogP) is -0.409. The Morgan fingerprint density at radius 1 is 1.20 bits per heavy atom. The van der Waals surface area contributed by atoms with Crippen LogP contribution in [0.1, 0.15) is 19.7 Å². The van der Waals surface area contributed by atoms with Gasteiger partial charge in [-0.05, 0) is 5.92 Å². The van der Waals surface area contributed by atoms with Crippen LogP contribution in [0, 0.1) is 5.92 Å². The molecule has 0 aliphatic heterocycles. The van der Waals surface area contributed by atoms with Gasteiger partial charge in [-0.15, -0.1) is 0 Å². The number of imidazole rings is 1. The first-order valence-electron chi connectivity index (χ1n) is 6.73. The van der Waals surface area contributed by atoms with Crippen LogP contribution in [0.4, 0.5) is 0 Å². The number of aryl methyl sites for hydroxylation is 2. The third kappa shape index (κ3) is 2.18. The molecule has 0 saturated carbocycles. The Morgan fingerprint density at radius 2 is 1.85 bits per heavy atom. The van der Waals surface area contributed by atoms with Crippen LogP contribution in [0.25, 0.3) is 11.2 Å². The highest BCUT2D eigenvalue weighted by atomic mass is 16.2. The molecular formula is C13H21N5O2. The van der Waals surface area contributed by atoms with E-state index >= 15 is 0 Å². The summed E-state index contributed by atoms with van der Waals surface area (Å²) in [5.41, 5.74) is 5.67. The molecular weight excluding hydrogens is 258 g/mol. The standard InChI is InChI=1S/C13H21N5O2/c1-8(2)7-9-15-11-10(16(9)3)12(19)18(6-5-14)13(20)17(11)4/h8H,5-7,14H2,1-4H3. The molecule has 0 fully saturated rings.